The Labute approximate surface area is 368 Å². The summed E-state index contributed by atoms with van der Waals surface area (Å²) in [6.07, 6.45) is 46.8. The number of carbonyl (C=O) groups is 3. The lowest BCUT2D eigenvalue weighted by atomic mass is 9.99. The van der Waals surface area contributed by atoms with Crippen LogP contribution in [0.1, 0.15) is 291 Å². The molecule has 0 saturated heterocycles. The van der Waals surface area contributed by atoms with E-state index in [-0.39, 0.29) is 31.1 Å². The fourth-order valence-corrected chi connectivity index (χ4v) is 7.96. The second-order valence-corrected chi connectivity index (χ2v) is 18.9. The smallest absolute Gasteiger partial charge is 0.306 e. The van der Waals surface area contributed by atoms with Crippen LogP contribution in [0.3, 0.4) is 0 Å². The summed E-state index contributed by atoms with van der Waals surface area (Å²) >= 11 is 0. The fraction of sp³-hybridized carbons (Fsp3) is 0.943. The van der Waals surface area contributed by atoms with Crippen molar-refractivity contribution >= 4 is 17.9 Å². The predicted molar refractivity (Wildman–Crippen MR) is 252 cm³/mol. The molecule has 0 saturated carbocycles. The third-order valence-electron chi connectivity index (χ3n) is 12.3. The van der Waals surface area contributed by atoms with E-state index in [4.69, 9.17) is 14.2 Å². The first-order valence-electron chi connectivity index (χ1n) is 26.3. The van der Waals surface area contributed by atoms with Crippen molar-refractivity contribution in [3.05, 3.63) is 0 Å². The van der Waals surface area contributed by atoms with Crippen molar-refractivity contribution in [2.45, 2.75) is 298 Å². The van der Waals surface area contributed by atoms with Crippen LogP contribution in [0.25, 0.3) is 0 Å². The summed E-state index contributed by atoms with van der Waals surface area (Å²) in [7, 11) is 0. The molecule has 0 aromatic heterocycles. The summed E-state index contributed by atoms with van der Waals surface area (Å²) in [5, 5.41) is 0. The summed E-state index contributed by atoms with van der Waals surface area (Å²) in [4.78, 5) is 37.8. The van der Waals surface area contributed by atoms with Gasteiger partial charge < -0.3 is 14.2 Å². The molecule has 0 bridgehead atoms. The Morgan fingerprint density at radius 2 is 0.644 bits per heavy atom. The molecule has 0 aliphatic heterocycles. The Morgan fingerprint density at radius 3 is 0.966 bits per heavy atom. The van der Waals surface area contributed by atoms with E-state index in [1.807, 2.05) is 0 Å². The number of hydrogen-bond acceptors (Lipinski definition) is 6. The Hall–Kier alpha value is -1.59. The average Bonchev–Trinajstić information content (AvgIpc) is 3.22. The fourth-order valence-electron chi connectivity index (χ4n) is 7.96. The van der Waals surface area contributed by atoms with Crippen molar-refractivity contribution in [3.8, 4) is 0 Å². The van der Waals surface area contributed by atoms with Crippen LogP contribution in [0, 0.1) is 11.8 Å². The van der Waals surface area contributed by atoms with Gasteiger partial charge in [-0.15, -0.1) is 0 Å². The van der Waals surface area contributed by atoms with Crippen molar-refractivity contribution in [1.29, 1.82) is 0 Å². The minimum absolute atomic E-state index is 0.0643. The minimum Gasteiger partial charge on any atom is -0.462 e. The molecule has 0 aliphatic carbocycles. The molecule has 0 fully saturated rings. The van der Waals surface area contributed by atoms with E-state index < -0.39 is 6.10 Å². The van der Waals surface area contributed by atoms with Crippen molar-refractivity contribution in [3.63, 3.8) is 0 Å². The van der Waals surface area contributed by atoms with Crippen molar-refractivity contribution in [2.75, 3.05) is 13.2 Å². The molecule has 0 aromatic carbocycles. The molecule has 6 heteroatoms. The van der Waals surface area contributed by atoms with E-state index in [1.54, 1.807) is 0 Å². The summed E-state index contributed by atoms with van der Waals surface area (Å²) in [5.41, 5.74) is 0. The number of unbranched alkanes of at least 4 members (excludes halogenated alkanes) is 31. The lowest BCUT2D eigenvalue weighted by molar-refractivity contribution is -0.167. The highest BCUT2D eigenvalue weighted by molar-refractivity contribution is 5.71. The van der Waals surface area contributed by atoms with Gasteiger partial charge in [0, 0.05) is 19.3 Å². The van der Waals surface area contributed by atoms with E-state index in [2.05, 4.69) is 34.6 Å². The van der Waals surface area contributed by atoms with Gasteiger partial charge in [0.25, 0.3) is 0 Å². The van der Waals surface area contributed by atoms with Crippen LogP contribution in [-0.4, -0.2) is 37.2 Å². The molecular formula is C53H102O6. The van der Waals surface area contributed by atoms with Gasteiger partial charge >= 0.3 is 17.9 Å². The Bertz CT molecular complexity index is 902. The maximum absolute atomic E-state index is 12.7. The molecule has 0 rings (SSSR count). The second-order valence-electron chi connectivity index (χ2n) is 18.9. The van der Waals surface area contributed by atoms with Crippen LogP contribution in [-0.2, 0) is 28.6 Å². The normalized spacial score (nSPS) is 12.5. The third kappa shape index (κ3) is 45.8. The van der Waals surface area contributed by atoms with E-state index >= 15 is 0 Å². The number of ether oxygens (including phenoxy) is 3. The van der Waals surface area contributed by atoms with Gasteiger partial charge in [0.15, 0.2) is 6.10 Å². The van der Waals surface area contributed by atoms with Gasteiger partial charge in [-0.25, -0.2) is 0 Å². The van der Waals surface area contributed by atoms with Gasteiger partial charge in [-0.2, -0.15) is 0 Å². The average molecular weight is 835 g/mol. The molecule has 0 aliphatic rings. The Kier molecular flexibility index (Phi) is 44.7. The topological polar surface area (TPSA) is 78.9 Å². The van der Waals surface area contributed by atoms with E-state index in [0.717, 1.165) is 69.6 Å². The summed E-state index contributed by atoms with van der Waals surface area (Å²) in [6.45, 7) is 11.4. The molecule has 0 N–H and O–H groups in total. The Balaban J connectivity index is 4.12. The van der Waals surface area contributed by atoms with Gasteiger partial charge in [-0.3, -0.25) is 14.4 Å². The van der Waals surface area contributed by atoms with Gasteiger partial charge in [0.1, 0.15) is 13.2 Å². The SMILES string of the molecule is CCCCCCCCCCCC(=O)O[C@@H](COC(=O)CCCCCCCCCCCCCCCCCCCCC(C)CC)COC(=O)CCCCCCCCCC(C)C. The predicted octanol–water partition coefficient (Wildman–Crippen LogP) is 16.9. The highest BCUT2D eigenvalue weighted by Gasteiger charge is 2.19. The molecule has 350 valence electrons. The van der Waals surface area contributed by atoms with Crippen molar-refractivity contribution in [1.82, 2.24) is 0 Å². The number of rotatable bonds is 47. The standard InChI is InChI=1S/C53H102O6/c1-6-8-9-10-11-22-29-35-40-45-53(56)59-50(47-58-52(55)44-39-34-30-25-26-31-36-41-48(3)4)46-57-51(54)43-38-33-28-24-21-19-17-15-13-12-14-16-18-20-23-27-32-37-42-49(5)7-2/h48-50H,6-47H2,1-5H3/t49?,50-/m0/s1. The summed E-state index contributed by atoms with van der Waals surface area (Å²) < 4.78 is 16.7. The second kappa shape index (κ2) is 45.9. The quantitative estimate of drug-likeness (QED) is 0.0345. The van der Waals surface area contributed by atoms with E-state index in [9.17, 15) is 14.4 Å². The maximum atomic E-state index is 12.7. The zero-order valence-corrected chi connectivity index (χ0v) is 40.4. The molecular weight excluding hydrogens is 733 g/mol. The zero-order valence-electron chi connectivity index (χ0n) is 40.4. The van der Waals surface area contributed by atoms with Crippen molar-refractivity contribution < 1.29 is 28.6 Å². The maximum Gasteiger partial charge on any atom is 0.306 e. The minimum atomic E-state index is -0.760. The number of carbonyl (C=O) groups excluding carboxylic acids is 3. The first-order chi connectivity index (χ1) is 28.8. The van der Waals surface area contributed by atoms with Gasteiger partial charge in [-0.1, -0.05) is 253 Å². The highest BCUT2D eigenvalue weighted by Crippen LogP contribution is 2.18. The van der Waals surface area contributed by atoms with Gasteiger partial charge in [-0.05, 0) is 31.1 Å². The van der Waals surface area contributed by atoms with E-state index in [1.165, 1.54) is 180 Å². The molecule has 0 aromatic rings. The molecule has 0 heterocycles. The van der Waals surface area contributed by atoms with Gasteiger partial charge in [0.05, 0.1) is 0 Å². The molecule has 6 nitrogen and oxygen atoms in total. The highest BCUT2D eigenvalue weighted by atomic mass is 16.6. The summed E-state index contributed by atoms with van der Waals surface area (Å²) in [6, 6.07) is 0. The molecule has 0 spiro atoms. The largest absolute Gasteiger partial charge is 0.462 e. The van der Waals surface area contributed by atoms with Gasteiger partial charge in [0.2, 0.25) is 0 Å². The first kappa shape index (κ1) is 57.4. The van der Waals surface area contributed by atoms with E-state index in [0.29, 0.717) is 19.3 Å². The van der Waals surface area contributed by atoms with Crippen LogP contribution in [0.15, 0.2) is 0 Å². The number of hydrogen-bond donors (Lipinski definition) is 0. The molecule has 2 atom stereocenters. The first-order valence-corrected chi connectivity index (χ1v) is 26.3. The lowest BCUT2D eigenvalue weighted by Gasteiger charge is -2.18. The van der Waals surface area contributed by atoms with Crippen molar-refractivity contribution in [2.24, 2.45) is 11.8 Å². The third-order valence-corrected chi connectivity index (χ3v) is 12.3. The van der Waals surface area contributed by atoms with Crippen LogP contribution in [0.4, 0.5) is 0 Å². The monoisotopic (exact) mass is 835 g/mol. The zero-order chi connectivity index (χ0) is 43.3. The molecule has 0 radical (unpaired) electrons. The molecule has 59 heavy (non-hydrogen) atoms. The van der Waals surface area contributed by atoms with Crippen LogP contribution < -0.4 is 0 Å². The lowest BCUT2D eigenvalue weighted by Crippen LogP contribution is -2.30. The molecule has 0 amide bonds. The number of esters is 3. The van der Waals surface area contributed by atoms with Crippen LogP contribution >= 0.6 is 0 Å². The molecule has 1 unspecified atom stereocenters. The Morgan fingerprint density at radius 1 is 0.356 bits per heavy atom. The van der Waals surface area contributed by atoms with Crippen LogP contribution in [0.5, 0.6) is 0 Å². The van der Waals surface area contributed by atoms with Crippen LogP contribution in [0.2, 0.25) is 0 Å². The summed E-state index contributed by atoms with van der Waals surface area (Å²) in [5.74, 6) is 0.837.